The lowest BCUT2D eigenvalue weighted by Gasteiger charge is -2.27. The van der Waals surface area contributed by atoms with E-state index in [0.717, 1.165) is 30.0 Å². The molecule has 0 spiro atoms. The van der Waals surface area contributed by atoms with Gasteiger partial charge in [0.1, 0.15) is 17.7 Å². The molecule has 2 aromatic heterocycles. The predicted molar refractivity (Wildman–Crippen MR) is 178 cm³/mol. The highest BCUT2D eigenvalue weighted by atomic mass is 32.2. The Labute approximate surface area is 269 Å². The summed E-state index contributed by atoms with van der Waals surface area (Å²) in [5.74, 6) is 1.88. The number of aliphatic hydroxyl groups excluding tert-OH is 1. The quantitative estimate of drug-likeness (QED) is 0.142. The molecular formula is C34H42N6O5S. The number of H-pyrrole nitrogens is 1. The molecule has 2 aromatic carbocycles. The van der Waals surface area contributed by atoms with Crippen molar-refractivity contribution in [2.75, 3.05) is 23.5 Å². The van der Waals surface area contributed by atoms with Gasteiger partial charge in [-0.05, 0) is 85.7 Å². The van der Waals surface area contributed by atoms with E-state index in [0.29, 0.717) is 54.4 Å². The second kappa shape index (κ2) is 14.1. The number of aliphatic hydroxyl groups is 1. The van der Waals surface area contributed by atoms with Gasteiger partial charge in [0.15, 0.2) is 0 Å². The maximum Gasteiger partial charge on any atom is 0.330 e. The Morgan fingerprint density at radius 1 is 1.09 bits per heavy atom. The Kier molecular flexibility index (Phi) is 9.76. The largest absolute Gasteiger partial charge is 0.489 e. The summed E-state index contributed by atoms with van der Waals surface area (Å²) in [4.78, 5) is 19.7. The van der Waals surface area contributed by atoms with Gasteiger partial charge in [0.2, 0.25) is 0 Å². The van der Waals surface area contributed by atoms with Crippen LogP contribution in [0.5, 0.6) is 5.75 Å². The Morgan fingerprint density at radius 3 is 2.65 bits per heavy atom. The van der Waals surface area contributed by atoms with Crippen LogP contribution >= 0.6 is 0 Å². The Hall–Kier alpha value is -4.13. The normalized spacial score (nSPS) is 17.4. The Morgan fingerprint density at radius 2 is 1.89 bits per heavy atom. The van der Waals surface area contributed by atoms with Gasteiger partial charge >= 0.3 is 5.69 Å². The number of benzene rings is 2. The molecule has 0 saturated heterocycles. The number of aromatic amines is 1. The van der Waals surface area contributed by atoms with Crippen LogP contribution in [0.1, 0.15) is 67.9 Å². The minimum atomic E-state index is -3.85. The number of nitrogen functional groups attached to an aromatic ring is 1. The molecule has 1 fully saturated rings. The van der Waals surface area contributed by atoms with Crippen LogP contribution in [0.3, 0.4) is 0 Å². The molecule has 6 rings (SSSR count). The number of nitrogens with zero attached hydrogens (tertiary/aromatic N) is 2. The van der Waals surface area contributed by atoms with Gasteiger partial charge in [0.25, 0.3) is 10.0 Å². The molecule has 2 aliphatic rings. The van der Waals surface area contributed by atoms with Crippen molar-refractivity contribution in [3.05, 3.63) is 94.3 Å². The van der Waals surface area contributed by atoms with Crippen molar-refractivity contribution in [2.45, 2.75) is 74.9 Å². The molecule has 3 heterocycles. The van der Waals surface area contributed by atoms with Crippen LogP contribution in [0.2, 0.25) is 0 Å². The van der Waals surface area contributed by atoms with Crippen LogP contribution in [0.15, 0.2) is 76.7 Å². The second-order valence-corrected chi connectivity index (χ2v) is 14.1. The van der Waals surface area contributed by atoms with E-state index >= 15 is 0 Å². The third-order valence-corrected chi connectivity index (χ3v) is 10.4. The average Bonchev–Trinajstić information content (AvgIpc) is 3.71. The molecule has 1 aliphatic heterocycles. The second-order valence-electron chi connectivity index (χ2n) is 12.4. The summed E-state index contributed by atoms with van der Waals surface area (Å²) >= 11 is 0. The van der Waals surface area contributed by atoms with Gasteiger partial charge in [0.05, 0.1) is 16.7 Å². The van der Waals surface area contributed by atoms with E-state index in [-0.39, 0.29) is 16.7 Å². The van der Waals surface area contributed by atoms with Crippen molar-refractivity contribution in [2.24, 2.45) is 5.92 Å². The monoisotopic (exact) mass is 646 g/mol. The molecule has 0 amide bonds. The lowest BCUT2D eigenvalue weighted by Crippen LogP contribution is -2.36. The van der Waals surface area contributed by atoms with Gasteiger partial charge in [-0.3, -0.25) is 9.29 Å². The maximum atomic E-state index is 13.2. The molecule has 46 heavy (non-hydrogen) atoms. The highest BCUT2D eigenvalue weighted by Crippen LogP contribution is 2.31. The lowest BCUT2D eigenvalue weighted by atomic mass is 10.0. The maximum absolute atomic E-state index is 13.2. The molecule has 4 aromatic rings. The third kappa shape index (κ3) is 7.80. The number of ether oxygens (including phenoxy) is 1. The Bertz CT molecular complexity index is 1780. The Balaban J connectivity index is 1.01. The summed E-state index contributed by atoms with van der Waals surface area (Å²) in [6, 6.07) is 15.1. The number of aryl methyl sites for hydroxylation is 2. The van der Waals surface area contributed by atoms with Crippen molar-refractivity contribution in [1.82, 2.24) is 19.9 Å². The fourth-order valence-corrected chi connectivity index (χ4v) is 7.50. The highest BCUT2D eigenvalue weighted by molar-refractivity contribution is 7.92. The van der Waals surface area contributed by atoms with Crippen molar-refractivity contribution >= 4 is 21.5 Å². The number of hydrogen-bond donors (Lipinski definition) is 5. The summed E-state index contributed by atoms with van der Waals surface area (Å²) in [6.45, 7) is 0.874. The molecule has 244 valence electrons. The first kappa shape index (κ1) is 31.8. The summed E-state index contributed by atoms with van der Waals surface area (Å²) in [6.07, 6.45) is 12.4. The number of aromatic nitrogens is 3. The molecule has 6 N–H and O–H groups in total. The van der Waals surface area contributed by atoms with Crippen LogP contribution in [-0.2, 0) is 22.9 Å². The van der Waals surface area contributed by atoms with Crippen molar-refractivity contribution in [3.8, 4) is 11.4 Å². The topological polar surface area (TPSA) is 164 Å². The van der Waals surface area contributed by atoms with E-state index in [9.17, 15) is 18.3 Å². The smallest absolute Gasteiger partial charge is 0.330 e. The molecule has 2 atom stereocenters. The van der Waals surface area contributed by atoms with Crippen molar-refractivity contribution in [1.29, 1.82) is 0 Å². The molecular weight excluding hydrogens is 604 g/mol. The van der Waals surface area contributed by atoms with Crippen molar-refractivity contribution in [3.63, 3.8) is 0 Å². The number of nitrogens with one attached hydrogen (secondary N) is 3. The third-order valence-electron chi connectivity index (χ3n) is 8.98. The number of anilines is 2. The van der Waals surface area contributed by atoms with Gasteiger partial charge in [0, 0.05) is 42.4 Å². The number of imidazole rings is 1. The first-order valence-corrected chi connectivity index (χ1v) is 17.6. The van der Waals surface area contributed by atoms with Gasteiger partial charge in [-0.15, -0.1) is 0 Å². The minimum Gasteiger partial charge on any atom is -0.489 e. The van der Waals surface area contributed by atoms with Crippen molar-refractivity contribution < 1.29 is 18.3 Å². The zero-order chi connectivity index (χ0) is 32.1. The van der Waals surface area contributed by atoms with E-state index in [1.54, 1.807) is 59.3 Å². The molecule has 0 bridgehead atoms. The lowest BCUT2D eigenvalue weighted by molar-refractivity contribution is 0.146. The molecule has 1 saturated carbocycles. The zero-order valence-corrected chi connectivity index (χ0v) is 26.6. The number of pyridine rings is 1. The average molecular weight is 647 g/mol. The van der Waals surface area contributed by atoms with Gasteiger partial charge in [-0.25, -0.2) is 18.2 Å². The van der Waals surface area contributed by atoms with E-state index in [2.05, 4.69) is 20.0 Å². The van der Waals surface area contributed by atoms with E-state index in [1.807, 2.05) is 6.20 Å². The van der Waals surface area contributed by atoms with E-state index in [1.165, 1.54) is 38.2 Å². The van der Waals surface area contributed by atoms with Crippen LogP contribution in [-0.4, -0.2) is 47.3 Å². The highest BCUT2D eigenvalue weighted by Gasteiger charge is 2.23. The standard InChI is InChI=1S/C34H42N6O5S/c35-33-17-9-25(19-37-33)31(41)21-36-20-29-14-8-24-18-30(15-16-32(24)45-29)46(43,44)39-26-10-12-28(13-11-26)40-22-27(38-34(40)42)7-3-6-23-4-1-2-5-23/h9-13,15-19,22-23,29,31,36,39,41H,1-8,14,20-21H2,(H2,35,37)(H,38,42). The van der Waals surface area contributed by atoms with Crippen LogP contribution < -0.4 is 26.2 Å². The van der Waals surface area contributed by atoms with Crippen LogP contribution in [0.4, 0.5) is 11.5 Å². The number of sulfonamides is 1. The summed E-state index contributed by atoms with van der Waals surface area (Å²) < 4.78 is 36.8. The first-order valence-electron chi connectivity index (χ1n) is 16.1. The number of fused-ring (bicyclic) bond motifs is 1. The van der Waals surface area contributed by atoms with Crippen LogP contribution in [0, 0.1) is 5.92 Å². The zero-order valence-electron chi connectivity index (χ0n) is 25.8. The fourth-order valence-electron chi connectivity index (χ4n) is 6.39. The molecule has 11 nitrogen and oxygen atoms in total. The van der Waals surface area contributed by atoms with E-state index < -0.39 is 16.1 Å². The summed E-state index contributed by atoms with van der Waals surface area (Å²) in [5.41, 5.74) is 8.90. The van der Waals surface area contributed by atoms with Crippen LogP contribution in [0.25, 0.3) is 5.69 Å². The van der Waals surface area contributed by atoms with Gasteiger partial charge in [-0.2, -0.15) is 0 Å². The first-order chi connectivity index (χ1) is 22.2. The summed E-state index contributed by atoms with van der Waals surface area (Å²) in [5, 5.41) is 13.6. The number of nitrogens with two attached hydrogens (primary N) is 1. The predicted octanol–water partition coefficient (Wildman–Crippen LogP) is 4.47. The van der Waals surface area contributed by atoms with Gasteiger partial charge in [-0.1, -0.05) is 38.2 Å². The molecule has 2 unspecified atom stereocenters. The SMILES string of the molecule is Nc1ccc(C(O)CNCC2CCc3cc(S(=O)(=O)Nc4ccc(-n5cc(CCCC6CCCC6)[nH]c5=O)cc4)ccc3O2)cn1. The van der Waals surface area contributed by atoms with Gasteiger partial charge < -0.3 is 25.9 Å². The molecule has 1 aliphatic carbocycles. The summed E-state index contributed by atoms with van der Waals surface area (Å²) in [7, 11) is -3.85. The fraction of sp³-hybridized carbons (Fsp3) is 0.412. The molecule has 12 heteroatoms. The number of hydrogen-bond acceptors (Lipinski definition) is 8. The van der Waals surface area contributed by atoms with E-state index in [4.69, 9.17) is 10.5 Å². The number of rotatable bonds is 13. The molecule has 0 radical (unpaired) electrons. The minimum absolute atomic E-state index is 0.108.